The van der Waals surface area contributed by atoms with E-state index in [0.29, 0.717) is 24.1 Å². The number of alkyl halides is 3. The number of likely N-dealkylation sites (tertiary alicyclic amines) is 1. The maximum Gasteiger partial charge on any atom is 0.451 e. The fourth-order valence-corrected chi connectivity index (χ4v) is 3.52. The Morgan fingerprint density at radius 3 is 2.43 bits per heavy atom. The van der Waals surface area contributed by atoms with Gasteiger partial charge in [0.15, 0.2) is 0 Å². The van der Waals surface area contributed by atoms with Crippen LogP contribution in [-0.2, 0) is 12.7 Å². The largest absolute Gasteiger partial charge is 0.451 e. The zero-order chi connectivity index (χ0) is 15.2. The Hall–Kier alpha value is -1.21. The molecule has 0 amide bonds. The minimum absolute atomic E-state index is 0.284. The van der Waals surface area contributed by atoms with Gasteiger partial charge in [0.05, 0.1) is 0 Å². The van der Waals surface area contributed by atoms with Crippen molar-refractivity contribution in [1.82, 2.24) is 14.9 Å². The monoisotopic (exact) mass is 300 g/mol. The SMILES string of the molecule is Cc1nc(C(F)(F)F)ncc1CN1CC2CCC(C1)C2N. The van der Waals surface area contributed by atoms with Gasteiger partial charge in [0, 0.05) is 43.1 Å². The predicted octanol–water partition coefficient (Wildman–Crippen LogP) is 1.97. The van der Waals surface area contributed by atoms with Gasteiger partial charge in [0.1, 0.15) is 0 Å². The summed E-state index contributed by atoms with van der Waals surface area (Å²) < 4.78 is 37.7. The van der Waals surface area contributed by atoms with Gasteiger partial charge in [-0.15, -0.1) is 0 Å². The number of rotatable bonds is 2. The van der Waals surface area contributed by atoms with Crippen LogP contribution in [0.2, 0.25) is 0 Å². The molecule has 2 unspecified atom stereocenters. The molecule has 1 saturated carbocycles. The van der Waals surface area contributed by atoms with E-state index in [4.69, 9.17) is 5.73 Å². The summed E-state index contributed by atoms with van der Waals surface area (Å²) in [5, 5.41) is 0. The topological polar surface area (TPSA) is 55.0 Å². The highest BCUT2D eigenvalue weighted by Crippen LogP contribution is 2.36. The summed E-state index contributed by atoms with van der Waals surface area (Å²) in [7, 11) is 0. The zero-order valence-electron chi connectivity index (χ0n) is 11.9. The van der Waals surface area contributed by atoms with E-state index in [9.17, 15) is 13.2 Å². The number of hydrogen-bond donors (Lipinski definition) is 1. The Bertz CT molecular complexity index is 517. The van der Waals surface area contributed by atoms with E-state index in [1.165, 1.54) is 6.20 Å². The number of halogens is 3. The van der Waals surface area contributed by atoms with Gasteiger partial charge in [-0.1, -0.05) is 0 Å². The fourth-order valence-electron chi connectivity index (χ4n) is 3.52. The van der Waals surface area contributed by atoms with Gasteiger partial charge >= 0.3 is 6.18 Å². The molecule has 1 aliphatic heterocycles. The first-order chi connectivity index (χ1) is 9.84. The van der Waals surface area contributed by atoms with E-state index in [1.54, 1.807) is 6.92 Å². The smallest absolute Gasteiger partial charge is 0.327 e. The molecule has 1 saturated heterocycles. The third kappa shape index (κ3) is 2.89. The van der Waals surface area contributed by atoms with Crippen LogP contribution in [0.5, 0.6) is 0 Å². The maximum atomic E-state index is 12.6. The van der Waals surface area contributed by atoms with Gasteiger partial charge in [-0.2, -0.15) is 13.2 Å². The highest BCUT2D eigenvalue weighted by atomic mass is 19.4. The van der Waals surface area contributed by atoms with Crippen molar-refractivity contribution in [2.45, 2.75) is 38.5 Å². The second kappa shape index (κ2) is 5.21. The molecule has 1 aliphatic carbocycles. The highest BCUT2D eigenvalue weighted by Gasteiger charge is 2.40. The quantitative estimate of drug-likeness (QED) is 0.907. The van der Waals surface area contributed by atoms with Crippen molar-refractivity contribution in [2.24, 2.45) is 17.6 Å². The van der Waals surface area contributed by atoms with Crippen LogP contribution < -0.4 is 5.73 Å². The first kappa shape index (κ1) is 14.7. The summed E-state index contributed by atoms with van der Waals surface area (Å²) in [5.41, 5.74) is 7.33. The average Bonchev–Trinajstić information content (AvgIpc) is 2.62. The van der Waals surface area contributed by atoms with Crippen LogP contribution in [0, 0.1) is 18.8 Å². The van der Waals surface area contributed by atoms with Crippen LogP contribution in [0.25, 0.3) is 0 Å². The van der Waals surface area contributed by atoms with Crippen molar-refractivity contribution in [3.63, 3.8) is 0 Å². The molecule has 21 heavy (non-hydrogen) atoms. The molecule has 4 nitrogen and oxygen atoms in total. The van der Waals surface area contributed by atoms with E-state index < -0.39 is 12.0 Å². The minimum Gasteiger partial charge on any atom is -0.327 e. The molecule has 0 aromatic carbocycles. The molecule has 1 aromatic heterocycles. The van der Waals surface area contributed by atoms with Crippen LogP contribution in [0.4, 0.5) is 13.2 Å². The normalized spacial score (nSPS) is 29.9. The molecule has 2 aliphatic rings. The van der Waals surface area contributed by atoms with Crippen LogP contribution in [-0.4, -0.2) is 34.0 Å². The molecule has 2 bridgehead atoms. The van der Waals surface area contributed by atoms with Crippen LogP contribution >= 0.6 is 0 Å². The number of nitrogens with zero attached hydrogens (tertiary/aromatic N) is 3. The number of aryl methyl sites for hydroxylation is 1. The predicted molar refractivity (Wildman–Crippen MR) is 71.2 cm³/mol. The van der Waals surface area contributed by atoms with Gasteiger partial charge in [-0.25, -0.2) is 9.97 Å². The molecule has 2 heterocycles. The zero-order valence-corrected chi connectivity index (χ0v) is 11.9. The van der Waals surface area contributed by atoms with E-state index in [1.807, 2.05) is 0 Å². The molecule has 0 spiro atoms. The van der Waals surface area contributed by atoms with Crippen LogP contribution in [0.3, 0.4) is 0 Å². The van der Waals surface area contributed by atoms with Crippen LogP contribution in [0.1, 0.15) is 29.9 Å². The summed E-state index contributed by atoms with van der Waals surface area (Å²) in [5.74, 6) is -0.0386. The van der Waals surface area contributed by atoms with E-state index >= 15 is 0 Å². The first-order valence-corrected chi connectivity index (χ1v) is 7.22. The Morgan fingerprint density at radius 2 is 1.90 bits per heavy atom. The van der Waals surface area contributed by atoms with Gasteiger partial charge in [-0.05, 0) is 31.6 Å². The second-order valence-electron chi connectivity index (χ2n) is 6.17. The Morgan fingerprint density at radius 1 is 1.29 bits per heavy atom. The van der Waals surface area contributed by atoms with Crippen molar-refractivity contribution in [1.29, 1.82) is 0 Å². The summed E-state index contributed by atoms with van der Waals surface area (Å²) in [6.45, 7) is 4.04. The molecule has 2 atom stereocenters. The molecule has 0 radical (unpaired) electrons. The van der Waals surface area contributed by atoms with Gasteiger partial charge < -0.3 is 5.73 Å². The van der Waals surface area contributed by atoms with Crippen molar-refractivity contribution >= 4 is 0 Å². The van der Waals surface area contributed by atoms with Gasteiger partial charge in [-0.3, -0.25) is 4.90 Å². The Kier molecular flexibility index (Phi) is 3.65. The minimum atomic E-state index is -4.49. The van der Waals surface area contributed by atoms with Gasteiger partial charge in [0.25, 0.3) is 0 Å². The summed E-state index contributed by atoms with van der Waals surface area (Å²) in [6.07, 6.45) is -0.864. The molecular formula is C14H19F3N4. The maximum absolute atomic E-state index is 12.6. The highest BCUT2D eigenvalue weighted by molar-refractivity contribution is 5.17. The number of aromatic nitrogens is 2. The molecule has 1 aromatic rings. The molecular weight excluding hydrogens is 281 g/mol. The second-order valence-corrected chi connectivity index (χ2v) is 6.17. The number of nitrogens with two attached hydrogens (primary N) is 1. The lowest BCUT2D eigenvalue weighted by Crippen LogP contribution is -2.48. The third-order valence-electron chi connectivity index (χ3n) is 4.71. The molecule has 7 heteroatoms. The fraction of sp³-hybridized carbons (Fsp3) is 0.714. The van der Waals surface area contributed by atoms with Crippen LogP contribution in [0.15, 0.2) is 6.20 Å². The Balaban J connectivity index is 1.71. The molecule has 2 fully saturated rings. The average molecular weight is 300 g/mol. The standard InChI is InChI=1S/C14H19F3N4/c1-8-11(4-19-13(20-8)14(15,16)17)7-21-5-9-2-3-10(6-21)12(9)18/h4,9-10,12H,2-3,5-7,18H2,1H3. The summed E-state index contributed by atoms with van der Waals surface area (Å²) >= 11 is 0. The van der Waals surface area contributed by atoms with Crippen molar-refractivity contribution < 1.29 is 13.2 Å². The number of fused-ring (bicyclic) bond motifs is 2. The molecule has 3 rings (SSSR count). The summed E-state index contributed by atoms with van der Waals surface area (Å²) in [6, 6.07) is 0.284. The lowest BCUT2D eigenvalue weighted by Gasteiger charge is -2.36. The third-order valence-corrected chi connectivity index (χ3v) is 4.71. The lowest BCUT2D eigenvalue weighted by atomic mass is 9.93. The van der Waals surface area contributed by atoms with E-state index in [-0.39, 0.29) is 6.04 Å². The van der Waals surface area contributed by atoms with E-state index in [0.717, 1.165) is 31.5 Å². The van der Waals surface area contributed by atoms with Crippen molar-refractivity contribution in [2.75, 3.05) is 13.1 Å². The van der Waals surface area contributed by atoms with Crippen molar-refractivity contribution in [3.05, 3.63) is 23.3 Å². The molecule has 2 N–H and O–H groups in total. The number of piperidine rings is 1. The summed E-state index contributed by atoms with van der Waals surface area (Å²) in [4.78, 5) is 9.32. The number of hydrogen-bond acceptors (Lipinski definition) is 4. The Labute approximate surface area is 121 Å². The van der Waals surface area contributed by atoms with Gasteiger partial charge in [0.2, 0.25) is 5.82 Å². The molecule has 116 valence electrons. The van der Waals surface area contributed by atoms with E-state index in [2.05, 4.69) is 14.9 Å². The van der Waals surface area contributed by atoms with Crippen molar-refractivity contribution in [3.8, 4) is 0 Å². The first-order valence-electron chi connectivity index (χ1n) is 7.22. The lowest BCUT2D eigenvalue weighted by molar-refractivity contribution is -0.145.